The summed E-state index contributed by atoms with van der Waals surface area (Å²) in [4.78, 5) is 25.2. The first-order valence-corrected chi connectivity index (χ1v) is 19.5. The Morgan fingerprint density at radius 3 is 1.43 bits per heavy atom. The number of Topliss-reactive ketones (excluding diaryl/α,β-unsaturated/α-hetero) is 2. The highest BCUT2D eigenvalue weighted by molar-refractivity contribution is 14.1. The largest absolute Gasteiger partial charge is 0.507 e. The monoisotopic (exact) mass is 846 g/mol. The number of rotatable bonds is 6. The molecule has 254 valence electrons. The summed E-state index contributed by atoms with van der Waals surface area (Å²) in [6, 6.07) is 54.6. The van der Waals surface area contributed by atoms with Crippen LogP contribution in [0.4, 0.5) is 0 Å². The maximum Gasteiger partial charge on any atom is 0.200 e. The van der Waals surface area contributed by atoms with Crippen LogP contribution in [-0.4, -0.2) is 33.5 Å². The quantitative estimate of drug-likeness (QED) is 0.0784. The highest BCUT2D eigenvalue weighted by Gasteiger charge is 2.11. The lowest BCUT2D eigenvalue weighted by Gasteiger charge is -2.11. The fraction of sp³-hybridized carbons (Fsp3) is 0.0667. The van der Waals surface area contributed by atoms with Crippen molar-refractivity contribution in [1.82, 2.24) is 0 Å². The van der Waals surface area contributed by atoms with Gasteiger partial charge in [0.2, 0.25) is 0 Å². The summed E-state index contributed by atoms with van der Waals surface area (Å²) in [6.45, 7) is 0.0341. The van der Waals surface area contributed by atoms with Crippen molar-refractivity contribution >= 4 is 93.2 Å². The first-order valence-electron chi connectivity index (χ1n) is 16.3. The lowest BCUT2D eigenvalue weighted by Crippen LogP contribution is -2.11. The van der Waals surface area contributed by atoms with E-state index in [9.17, 15) is 14.7 Å². The number of carbonyl (C=O) groups excluding carboxylic acids is 2. The highest BCUT2D eigenvalue weighted by atomic mass is 127. The fourth-order valence-electron chi connectivity index (χ4n) is 5.73. The second kappa shape index (κ2) is 18.8. The van der Waals surface area contributed by atoms with E-state index in [4.69, 9.17) is 4.74 Å². The summed E-state index contributed by atoms with van der Waals surface area (Å²) < 4.78 is 5.89. The molecule has 0 fully saturated rings. The van der Waals surface area contributed by atoms with Crippen LogP contribution in [0.2, 0.25) is 0 Å². The van der Waals surface area contributed by atoms with Crippen molar-refractivity contribution in [2.24, 2.45) is 0 Å². The van der Waals surface area contributed by atoms with Gasteiger partial charge in [0.25, 0.3) is 0 Å². The molecule has 6 heteroatoms. The Morgan fingerprint density at radius 2 is 0.902 bits per heavy atom. The van der Waals surface area contributed by atoms with Crippen LogP contribution in [0.1, 0.15) is 20.7 Å². The van der Waals surface area contributed by atoms with E-state index in [1.807, 2.05) is 151 Å². The molecule has 0 atom stereocenters. The molecule has 0 unspecified atom stereocenters. The molecule has 0 aliphatic rings. The summed E-state index contributed by atoms with van der Waals surface area (Å²) in [5.41, 5.74) is 1.43. The molecular weight excluding hydrogens is 811 g/mol. The molecule has 8 rings (SSSR count). The van der Waals surface area contributed by atoms with E-state index in [-0.39, 0.29) is 18.2 Å². The molecule has 0 aliphatic carbocycles. The van der Waals surface area contributed by atoms with Gasteiger partial charge in [-0.25, -0.2) is 0 Å². The van der Waals surface area contributed by atoms with E-state index in [0.29, 0.717) is 16.6 Å². The number of alkyl halides is 2. The van der Waals surface area contributed by atoms with E-state index < -0.39 is 0 Å². The minimum absolute atomic E-state index is 0.0205. The molecule has 51 heavy (non-hydrogen) atoms. The van der Waals surface area contributed by atoms with E-state index in [1.165, 1.54) is 10.8 Å². The Hall–Kier alpha value is -5.05. The van der Waals surface area contributed by atoms with Gasteiger partial charge >= 0.3 is 0 Å². The van der Waals surface area contributed by atoms with E-state index in [0.717, 1.165) is 43.6 Å². The first kappa shape index (κ1) is 37.2. The number of phenolic OH excluding ortho intramolecular Hbond substituents is 1. The SMILES string of the molecule is CI.O=C(CBr)c1ccccc1.O=C(COc1cc2ccccc2c2ccccc12)c1ccccc1.Oc1cc2ccccc2c2ccccc12. The van der Waals surface area contributed by atoms with Crippen molar-refractivity contribution in [2.75, 3.05) is 16.9 Å². The number of phenols is 1. The molecule has 0 heterocycles. The van der Waals surface area contributed by atoms with Crippen molar-refractivity contribution in [3.63, 3.8) is 0 Å². The molecule has 1 N–H and O–H groups in total. The first-order chi connectivity index (χ1) is 25.0. The predicted octanol–water partition coefficient (Wildman–Crippen LogP) is 12.3. The minimum Gasteiger partial charge on any atom is -0.507 e. The summed E-state index contributed by atoms with van der Waals surface area (Å²) >= 11 is 5.25. The lowest BCUT2D eigenvalue weighted by molar-refractivity contribution is 0.0922. The second-order valence-corrected chi connectivity index (χ2v) is 11.9. The summed E-state index contributed by atoms with van der Waals surface area (Å²) in [5, 5.41) is 19.0. The zero-order valence-electron chi connectivity index (χ0n) is 28.0. The second-order valence-electron chi connectivity index (χ2n) is 11.3. The molecule has 8 aromatic carbocycles. The maximum absolute atomic E-state index is 12.3. The smallest absolute Gasteiger partial charge is 0.200 e. The van der Waals surface area contributed by atoms with Gasteiger partial charge in [-0.2, -0.15) is 0 Å². The standard InChI is InChI=1S/C22H16O2.C14H10O.C8H7BrO.CH3I/c23-21(16-8-2-1-3-9-16)15-24-22-14-17-10-4-5-11-18(17)19-12-6-7-13-20(19)22;15-14-9-10-5-1-2-6-11(10)12-7-3-4-8-13(12)14;9-6-8(10)7-4-2-1-3-5-7;1-2/h1-14H,15H2;1-9,15H;1-5H,6H2;1H3. The third kappa shape index (κ3) is 9.39. The molecule has 0 bridgehead atoms. The van der Waals surface area contributed by atoms with Crippen molar-refractivity contribution < 1.29 is 19.4 Å². The van der Waals surface area contributed by atoms with Gasteiger partial charge in [-0.1, -0.05) is 196 Å². The number of hydrogen-bond acceptors (Lipinski definition) is 4. The number of ketones is 2. The third-order valence-electron chi connectivity index (χ3n) is 8.15. The number of halogens is 2. The molecule has 0 aromatic heterocycles. The molecule has 0 saturated heterocycles. The van der Waals surface area contributed by atoms with Crippen LogP contribution < -0.4 is 4.74 Å². The van der Waals surface area contributed by atoms with Gasteiger partial charge in [0, 0.05) is 21.9 Å². The molecule has 0 radical (unpaired) electrons. The Balaban J connectivity index is 0.000000159. The zero-order chi connectivity index (χ0) is 36.0. The summed E-state index contributed by atoms with van der Waals surface area (Å²) in [6.07, 6.45) is 0. The number of aromatic hydroxyl groups is 1. The topological polar surface area (TPSA) is 63.6 Å². The molecule has 0 aliphatic heterocycles. The van der Waals surface area contributed by atoms with Gasteiger partial charge in [-0.15, -0.1) is 0 Å². The van der Waals surface area contributed by atoms with Gasteiger partial charge in [0.15, 0.2) is 18.2 Å². The van der Waals surface area contributed by atoms with Gasteiger partial charge in [-0.05, 0) is 49.4 Å². The van der Waals surface area contributed by atoms with Gasteiger partial charge in [0.05, 0.1) is 5.33 Å². The Morgan fingerprint density at radius 1 is 0.510 bits per heavy atom. The van der Waals surface area contributed by atoms with Crippen LogP contribution >= 0.6 is 38.5 Å². The molecule has 4 nitrogen and oxygen atoms in total. The van der Waals surface area contributed by atoms with Crippen LogP contribution in [-0.2, 0) is 0 Å². The van der Waals surface area contributed by atoms with Crippen LogP contribution in [0.3, 0.4) is 0 Å². The Labute approximate surface area is 320 Å². The number of ether oxygens (including phenoxy) is 1. The van der Waals surface area contributed by atoms with Crippen LogP contribution in [0.25, 0.3) is 43.1 Å². The third-order valence-corrected chi connectivity index (χ3v) is 8.66. The number of fused-ring (bicyclic) bond motifs is 6. The van der Waals surface area contributed by atoms with Crippen LogP contribution in [0.5, 0.6) is 11.5 Å². The van der Waals surface area contributed by atoms with Gasteiger partial charge in [0.1, 0.15) is 11.5 Å². The molecule has 0 amide bonds. The Kier molecular flexibility index (Phi) is 13.7. The van der Waals surface area contributed by atoms with Crippen molar-refractivity contribution in [3.8, 4) is 11.5 Å². The number of carbonyl (C=O) groups is 2. The van der Waals surface area contributed by atoms with E-state index >= 15 is 0 Å². The molecular formula is C45H36BrIO4. The normalized spacial score (nSPS) is 10.3. The predicted molar refractivity (Wildman–Crippen MR) is 225 cm³/mol. The fourth-order valence-corrected chi connectivity index (χ4v) is 6.05. The van der Waals surface area contributed by atoms with Crippen molar-refractivity contribution in [1.29, 1.82) is 0 Å². The average molecular weight is 848 g/mol. The number of hydrogen-bond donors (Lipinski definition) is 1. The van der Waals surface area contributed by atoms with Gasteiger partial charge < -0.3 is 9.84 Å². The molecule has 0 spiro atoms. The number of benzene rings is 8. The molecule has 0 saturated carbocycles. The van der Waals surface area contributed by atoms with Crippen molar-refractivity contribution in [2.45, 2.75) is 0 Å². The van der Waals surface area contributed by atoms with E-state index in [2.05, 4.69) is 62.8 Å². The lowest BCUT2D eigenvalue weighted by atomic mass is 10.0. The Bertz CT molecular complexity index is 2380. The summed E-state index contributed by atoms with van der Waals surface area (Å²) in [5.74, 6) is 1.20. The zero-order valence-corrected chi connectivity index (χ0v) is 31.8. The highest BCUT2D eigenvalue weighted by Crippen LogP contribution is 2.34. The molecule has 8 aromatic rings. The van der Waals surface area contributed by atoms with Crippen LogP contribution in [0.15, 0.2) is 170 Å². The minimum atomic E-state index is -0.0205. The van der Waals surface area contributed by atoms with E-state index in [1.54, 1.807) is 0 Å². The average Bonchev–Trinajstić information content (AvgIpc) is 3.21. The van der Waals surface area contributed by atoms with Crippen LogP contribution in [0, 0.1) is 0 Å². The van der Waals surface area contributed by atoms with Gasteiger partial charge in [-0.3, -0.25) is 9.59 Å². The summed E-state index contributed by atoms with van der Waals surface area (Å²) in [7, 11) is 0. The maximum atomic E-state index is 12.3. The van der Waals surface area contributed by atoms with Crippen molar-refractivity contribution in [3.05, 3.63) is 181 Å².